The molecule has 0 atom stereocenters. The Hall–Kier alpha value is -1.09. The molecule has 3 nitrogen and oxygen atoms in total. The van der Waals surface area contributed by atoms with E-state index in [2.05, 4.69) is 4.98 Å². The van der Waals surface area contributed by atoms with Crippen molar-refractivity contribution in [3.8, 4) is 0 Å². The lowest BCUT2D eigenvalue weighted by Gasteiger charge is -1.99. The van der Waals surface area contributed by atoms with Gasteiger partial charge in [-0.05, 0) is 18.6 Å². The van der Waals surface area contributed by atoms with Crippen LogP contribution in [0.2, 0.25) is 5.02 Å². The van der Waals surface area contributed by atoms with E-state index < -0.39 is 5.97 Å². The monoisotopic (exact) mass is 185 g/mol. The predicted octanol–water partition coefficient (Wildman–Crippen LogP) is 1.67. The summed E-state index contributed by atoms with van der Waals surface area (Å²) in [5.41, 5.74) is 1.34. The maximum absolute atomic E-state index is 10.3. The first kappa shape index (κ1) is 9.00. The summed E-state index contributed by atoms with van der Waals surface area (Å²) in [7, 11) is 0. The number of rotatable bonds is 2. The van der Waals surface area contributed by atoms with Gasteiger partial charge in [0.05, 0.1) is 17.1 Å². The summed E-state index contributed by atoms with van der Waals surface area (Å²) in [4.78, 5) is 14.2. The molecule has 1 aromatic heterocycles. The summed E-state index contributed by atoms with van der Waals surface area (Å²) in [6.45, 7) is 1.77. The van der Waals surface area contributed by atoms with Crippen LogP contribution >= 0.6 is 11.6 Å². The molecule has 1 heterocycles. The molecule has 1 N–H and O–H groups in total. The van der Waals surface area contributed by atoms with Crippen molar-refractivity contribution in [2.45, 2.75) is 13.3 Å². The zero-order chi connectivity index (χ0) is 9.14. The minimum atomic E-state index is -0.878. The highest BCUT2D eigenvalue weighted by Crippen LogP contribution is 2.14. The summed E-state index contributed by atoms with van der Waals surface area (Å²) >= 11 is 5.74. The Balaban J connectivity index is 2.89. The number of carboxylic acids is 1. The number of aryl methyl sites for hydroxylation is 1. The van der Waals surface area contributed by atoms with Crippen LogP contribution in [0.3, 0.4) is 0 Å². The molecule has 0 aliphatic heterocycles. The van der Waals surface area contributed by atoms with Gasteiger partial charge in [0.2, 0.25) is 0 Å². The topological polar surface area (TPSA) is 50.2 Å². The van der Waals surface area contributed by atoms with Crippen LogP contribution in [0.25, 0.3) is 0 Å². The normalized spacial score (nSPS) is 9.83. The lowest BCUT2D eigenvalue weighted by Crippen LogP contribution is -2.00. The van der Waals surface area contributed by atoms with Crippen molar-refractivity contribution in [1.29, 1.82) is 0 Å². The van der Waals surface area contributed by atoms with Gasteiger partial charge in [0.1, 0.15) is 0 Å². The summed E-state index contributed by atoms with van der Waals surface area (Å²) in [6, 6.07) is 1.62. The minimum absolute atomic E-state index is 0.0347. The second-order valence-electron chi connectivity index (χ2n) is 2.48. The van der Waals surface area contributed by atoms with E-state index >= 15 is 0 Å². The van der Waals surface area contributed by atoms with Crippen LogP contribution in [-0.4, -0.2) is 16.1 Å². The van der Waals surface area contributed by atoms with E-state index in [-0.39, 0.29) is 6.42 Å². The second kappa shape index (κ2) is 3.54. The Kier molecular flexibility index (Phi) is 2.65. The fraction of sp³-hybridized carbons (Fsp3) is 0.250. The quantitative estimate of drug-likeness (QED) is 0.763. The van der Waals surface area contributed by atoms with E-state index in [4.69, 9.17) is 16.7 Å². The number of aromatic nitrogens is 1. The lowest BCUT2D eigenvalue weighted by molar-refractivity contribution is -0.136. The smallest absolute Gasteiger partial charge is 0.307 e. The maximum atomic E-state index is 10.3. The number of aliphatic carboxylic acids is 1. The Bertz CT molecular complexity index is 312. The Morgan fingerprint density at radius 2 is 2.42 bits per heavy atom. The number of carbonyl (C=O) groups is 1. The van der Waals surface area contributed by atoms with Crippen molar-refractivity contribution in [1.82, 2.24) is 4.98 Å². The molecule has 0 saturated carbocycles. The van der Waals surface area contributed by atoms with Gasteiger partial charge >= 0.3 is 5.97 Å². The molecule has 0 fully saturated rings. The Labute approximate surface area is 75.0 Å². The first-order valence-corrected chi connectivity index (χ1v) is 3.80. The van der Waals surface area contributed by atoms with Crippen LogP contribution in [0, 0.1) is 6.92 Å². The van der Waals surface area contributed by atoms with E-state index in [1.807, 2.05) is 0 Å². The van der Waals surface area contributed by atoms with Gasteiger partial charge < -0.3 is 5.11 Å². The van der Waals surface area contributed by atoms with Crippen molar-refractivity contribution >= 4 is 17.6 Å². The summed E-state index contributed by atoms with van der Waals surface area (Å²) in [5.74, 6) is -0.878. The van der Waals surface area contributed by atoms with Crippen molar-refractivity contribution in [2.24, 2.45) is 0 Å². The predicted molar refractivity (Wildman–Crippen MR) is 45.3 cm³/mol. The van der Waals surface area contributed by atoms with Crippen molar-refractivity contribution in [2.75, 3.05) is 0 Å². The van der Waals surface area contributed by atoms with Gasteiger partial charge in [0, 0.05) is 6.20 Å². The fourth-order valence-corrected chi connectivity index (χ4v) is 1.01. The summed E-state index contributed by atoms with van der Waals surface area (Å²) < 4.78 is 0. The van der Waals surface area contributed by atoms with Crippen LogP contribution in [0.15, 0.2) is 12.3 Å². The number of hydrogen-bond donors (Lipinski definition) is 1. The third-order valence-corrected chi connectivity index (χ3v) is 1.82. The zero-order valence-corrected chi connectivity index (χ0v) is 7.30. The van der Waals surface area contributed by atoms with E-state index in [1.54, 1.807) is 13.0 Å². The number of nitrogens with zero attached hydrogens (tertiary/aromatic N) is 1. The van der Waals surface area contributed by atoms with E-state index in [0.717, 1.165) is 0 Å². The second-order valence-corrected chi connectivity index (χ2v) is 2.89. The standard InChI is InChI=1S/C8H8ClNO2/c1-5-7(9)2-6(4-10-5)3-8(11)12/h2,4H,3H2,1H3,(H,11,12). The number of hydrogen-bond acceptors (Lipinski definition) is 2. The molecule has 1 rings (SSSR count). The molecule has 0 unspecified atom stereocenters. The van der Waals surface area contributed by atoms with Crippen LogP contribution in [-0.2, 0) is 11.2 Å². The van der Waals surface area contributed by atoms with Gasteiger partial charge in [-0.3, -0.25) is 9.78 Å². The van der Waals surface area contributed by atoms with Crippen LogP contribution in [0.4, 0.5) is 0 Å². The van der Waals surface area contributed by atoms with Gasteiger partial charge in [-0.2, -0.15) is 0 Å². The Morgan fingerprint density at radius 1 is 1.75 bits per heavy atom. The SMILES string of the molecule is Cc1ncc(CC(=O)O)cc1Cl. The molecule has 1 aromatic rings. The van der Waals surface area contributed by atoms with E-state index in [1.165, 1.54) is 6.20 Å². The molecular formula is C8H8ClNO2. The zero-order valence-electron chi connectivity index (χ0n) is 6.54. The minimum Gasteiger partial charge on any atom is -0.481 e. The fourth-order valence-electron chi connectivity index (χ4n) is 0.817. The van der Waals surface area contributed by atoms with E-state index in [9.17, 15) is 4.79 Å². The van der Waals surface area contributed by atoms with Gasteiger partial charge in [-0.25, -0.2) is 0 Å². The van der Waals surface area contributed by atoms with Crippen LogP contribution in [0.5, 0.6) is 0 Å². The van der Waals surface area contributed by atoms with Crippen molar-refractivity contribution in [3.05, 3.63) is 28.5 Å². The molecule has 0 aromatic carbocycles. The highest BCUT2D eigenvalue weighted by atomic mass is 35.5. The molecule has 0 amide bonds. The summed E-state index contributed by atoms with van der Waals surface area (Å²) in [5, 5.41) is 8.96. The maximum Gasteiger partial charge on any atom is 0.307 e. The highest BCUT2D eigenvalue weighted by molar-refractivity contribution is 6.31. The molecule has 0 spiro atoms. The van der Waals surface area contributed by atoms with Gasteiger partial charge in [0.25, 0.3) is 0 Å². The molecule has 0 aliphatic carbocycles. The third-order valence-electron chi connectivity index (χ3n) is 1.44. The molecule has 64 valence electrons. The average Bonchev–Trinajstić information content (AvgIpc) is 1.96. The third kappa shape index (κ3) is 2.20. The van der Waals surface area contributed by atoms with Gasteiger partial charge in [0.15, 0.2) is 0 Å². The number of pyridine rings is 1. The molecule has 0 radical (unpaired) electrons. The molecule has 12 heavy (non-hydrogen) atoms. The van der Waals surface area contributed by atoms with E-state index in [0.29, 0.717) is 16.3 Å². The number of halogens is 1. The summed E-state index contributed by atoms with van der Waals surface area (Å²) in [6.07, 6.45) is 1.49. The molecule has 0 bridgehead atoms. The molecule has 0 saturated heterocycles. The van der Waals surface area contributed by atoms with Crippen LogP contribution in [0.1, 0.15) is 11.3 Å². The van der Waals surface area contributed by atoms with Crippen LogP contribution < -0.4 is 0 Å². The lowest BCUT2D eigenvalue weighted by atomic mass is 10.2. The van der Waals surface area contributed by atoms with Gasteiger partial charge in [-0.15, -0.1) is 0 Å². The molecule has 0 aliphatic rings. The Morgan fingerprint density at radius 3 is 2.92 bits per heavy atom. The molecule has 4 heteroatoms. The highest BCUT2D eigenvalue weighted by Gasteiger charge is 2.02. The van der Waals surface area contributed by atoms with Crippen molar-refractivity contribution < 1.29 is 9.90 Å². The largest absolute Gasteiger partial charge is 0.481 e. The van der Waals surface area contributed by atoms with Gasteiger partial charge in [-0.1, -0.05) is 11.6 Å². The van der Waals surface area contributed by atoms with Crippen molar-refractivity contribution in [3.63, 3.8) is 0 Å². The number of carboxylic acid groups (broad SMARTS) is 1. The molecular weight excluding hydrogens is 178 g/mol. The first-order valence-electron chi connectivity index (χ1n) is 3.42. The average molecular weight is 186 g/mol. The first-order chi connectivity index (χ1) is 5.59.